The van der Waals surface area contributed by atoms with Gasteiger partial charge in [0.25, 0.3) is 5.69 Å². The molecule has 1 aromatic heterocycles. The number of nitro benzene ring substituents is 1. The zero-order chi connectivity index (χ0) is 14.1. The topological polar surface area (TPSA) is 71.3 Å². The van der Waals surface area contributed by atoms with Crippen LogP contribution in [0.5, 0.6) is 0 Å². The predicted molar refractivity (Wildman–Crippen MR) is 78.1 cm³/mol. The second kappa shape index (κ2) is 5.05. The van der Waals surface area contributed by atoms with Crippen molar-refractivity contribution in [3.05, 3.63) is 40.6 Å². The fourth-order valence-electron chi connectivity index (χ4n) is 2.76. The molecule has 104 valence electrons. The van der Waals surface area contributed by atoms with Crippen LogP contribution >= 0.6 is 0 Å². The summed E-state index contributed by atoms with van der Waals surface area (Å²) in [7, 11) is 2.03. The Kier molecular flexibility index (Phi) is 3.23. The molecule has 0 aliphatic carbocycles. The minimum Gasteiger partial charge on any atom is -0.370 e. The Labute approximate surface area is 116 Å². The summed E-state index contributed by atoms with van der Waals surface area (Å²) >= 11 is 0. The van der Waals surface area contributed by atoms with Crippen LogP contribution in [0, 0.1) is 10.1 Å². The van der Waals surface area contributed by atoms with Crippen LogP contribution in [-0.4, -0.2) is 36.1 Å². The van der Waals surface area contributed by atoms with E-state index < -0.39 is 0 Å². The molecule has 1 unspecified atom stereocenters. The molecule has 0 saturated carbocycles. The van der Waals surface area contributed by atoms with Gasteiger partial charge in [0, 0.05) is 43.0 Å². The van der Waals surface area contributed by atoms with E-state index in [0.29, 0.717) is 11.6 Å². The van der Waals surface area contributed by atoms with Gasteiger partial charge in [0.05, 0.1) is 4.92 Å². The Hall–Kier alpha value is -2.21. The van der Waals surface area contributed by atoms with Gasteiger partial charge in [-0.1, -0.05) is 0 Å². The maximum absolute atomic E-state index is 11.1. The molecule has 1 atom stereocenters. The van der Waals surface area contributed by atoms with E-state index in [0.717, 1.165) is 30.6 Å². The summed E-state index contributed by atoms with van der Waals surface area (Å²) in [4.78, 5) is 17.1. The monoisotopic (exact) mass is 272 g/mol. The Balaban J connectivity index is 2.12. The Bertz CT molecular complexity index is 653. The number of nitrogens with one attached hydrogen (secondary N) is 1. The van der Waals surface area contributed by atoms with Gasteiger partial charge in [-0.25, -0.2) is 4.98 Å². The standard InChI is InChI=1S/C14H16N4O2/c1-17(10-6-8-15-9-10)12-4-5-13(18(19)20)14-11(12)3-2-7-16-14/h2-5,7,10,15H,6,8-9H2,1H3. The van der Waals surface area contributed by atoms with Crippen LogP contribution in [0.4, 0.5) is 11.4 Å². The van der Waals surface area contributed by atoms with Crippen LogP contribution in [0.2, 0.25) is 0 Å². The minimum atomic E-state index is -0.379. The molecule has 0 radical (unpaired) electrons. The van der Waals surface area contributed by atoms with Gasteiger partial charge < -0.3 is 10.2 Å². The molecular weight excluding hydrogens is 256 g/mol. The first kappa shape index (κ1) is 12.8. The molecule has 20 heavy (non-hydrogen) atoms. The number of likely N-dealkylation sites (N-methyl/N-ethyl adjacent to an activating group) is 1. The van der Waals surface area contributed by atoms with Crippen molar-refractivity contribution >= 4 is 22.3 Å². The van der Waals surface area contributed by atoms with Crippen molar-refractivity contribution in [3.8, 4) is 0 Å². The summed E-state index contributed by atoms with van der Waals surface area (Å²) in [5.41, 5.74) is 1.50. The summed E-state index contributed by atoms with van der Waals surface area (Å²) in [6.45, 7) is 1.95. The fourth-order valence-corrected chi connectivity index (χ4v) is 2.76. The van der Waals surface area contributed by atoms with Crippen molar-refractivity contribution in [1.82, 2.24) is 10.3 Å². The van der Waals surface area contributed by atoms with Gasteiger partial charge in [-0.2, -0.15) is 0 Å². The van der Waals surface area contributed by atoms with Gasteiger partial charge in [-0.05, 0) is 31.2 Å². The molecule has 1 aromatic carbocycles. The number of hydrogen-bond acceptors (Lipinski definition) is 5. The van der Waals surface area contributed by atoms with E-state index in [1.807, 2.05) is 25.2 Å². The molecule has 1 aliphatic rings. The highest BCUT2D eigenvalue weighted by Gasteiger charge is 2.23. The predicted octanol–water partition coefficient (Wildman–Crippen LogP) is 1.94. The van der Waals surface area contributed by atoms with Crippen LogP contribution in [0.3, 0.4) is 0 Å². The molecule has 1 saturated heterocycles. The SMILES string of the molecule is CN(c1ccc([N+](=O)[O-])c2ncccc12)C1CCNC1. The quantitative estimate of drug-likeness (QED) is 0.683. The van der Waals surface area contributed by atoms with E-state index in [9.17, 15) is 10.1 Å². The maximum Gasteiger partial charge on any atom is 0.295 e. The smallest absolute Gasteiger partial charge is 0.295 e. The first-order chi connectivity index (χ1) is 9.68. The summed E-state index contributed by atoms with van der Waals surface area (Å²) in [6.07, 6.45) is 2.67. The van der Waals surface area contributed by atoms with Crippen molar-refractivity contribution in [2.24, 2.45) is 0 Å². The first-order valence-corrected chi connectivity index (χ1v) is 6.64. The molecule has 1 N–H and O–H groups in total. The Morgan fingerprint density at radius 1 is 1.45 bits per heavy atom. The summed E-state index contributed by atoms with van der Waals surface area (Å²) in [6, 6.07) is 7.49. The lowest BCUT2D eigenvalue weighted by atomic mass is 10.1. The molecule has 1 fully saturated rings. The van der Waals surface area contributed by atoms with Gasteiger partial charge in [-0.3, -0.25) is 10.1 Å². The molecule has 1 aliphatic heterocycles. The van der Waals surface area contributed by atoms with Crippen molar-refractivity contribution in [2.75, 3.05) is 25.0 Å². The van der Waals surface area contributed by atoms with E-state index in [1.165, 1.54) is 0 Å². The highest BCUT2D eigenvalue weighted by atomic mass is 16.6. The van der Waals surface area contributed by atoms with E-state index in [1.54, 1.807) is 12.3 Å². The third-order valence-electron chi connectivity index (χ3n) is 3.88. The Morgan fingerprint density at radius 2 is 2.30 bits per heavy atom. The number of nitrogens with zero attached hydrogens (tertiary/aromatic N) is 3. The zero-order valence-corrected chi connectivity index (χ0v) is 11.2. The molecular formula is C14H16N4O2. The lowest BCUT2D eigenvalue weighted by Gasteiger charge is -2.27. The van der Waals surface area contributed by atoms with E-state index in [-0.39, 0.29) is 10.6 Å². The second-order valence-corrected chi connectivity index (χ2v) is 5.02. The number of fused-ring (bicyclic) bond motifs is 1. The maximum atomic E-state index is 11.1. The number of benzene rings is 1. The van der Waals surface area contributed by atoms with Crippen molar-refractivity contribution in [1.29, 1.82) is 0 Å². The van der Waals surface area contributed by atoms with Crippen LogP contribution in [0.25, 0.3) is 10.9 Å². The van der Waals surface area contributed by atoms with Crippen molar-refractivity contribution in [2.45, 2.75) is 12.5 Å². The number of nitro groups is 1. The molecule has 0 amide bonds. The first-order valence-electron chi connectivity index (χ1n) is 6.64. The molecule has 0 bridgehead atoms. The van der Waals surface area contributed by atoms with Gasteiger partial charge in [0.1, 0.15) is 5.52 Å². The summed E-state index contributed by atoms with van der Waals surface area (Å²) in [5, 5.41) is 15.3. The molecule has 6 heteroatoms. The normalized spacial score (nSPS) is 18.4. The van der Waals surface area contributed by atoms with Crippen LogP contribution < -0.4 is 10.2 Å². The second-order valence-electron chi connectivity index (χ2n) is 5.02. The lowest BCUT2D eigenvalue weighted by molar-refractivity contribution is -0.383. The van der Waals surface area contributed by atoms with E-state index >= 15 is 0 Å². The highest BCUT2D eigenvalue weighted by Crippen LogP contribution is 2.32. The fraction of sp³-hybridized carbons (Fsp3) is 0.357. The van der Waals surface area contributed by atoms with E-state index in [2.05, 4.69) is 15.2 Å². The third kappa shape index (κ3) is 2.08. The highest BCUT2D eigenvalue weighted by molar-refractivity contribution is 5.97. The molecule has 3 rings (SSSR count). The van der Waals surface area contributed by atoms with Gasteiger partial charge in [-0.15, -0.1) is 0 Å². The van der Waals surface area contributed by atoms with Gasteiger partial charge in [0.2, 0.25) is 0 Å². The number of aromatic nitrogens is 1. The van der Waals surface area contributed by atoms with Crippen LogP contribution in [0.1, 0.15) is 6.42 Å². The number of hydrogen-bond donors (Lipinski definition) is 1. The van der Waals surface area contributed by atoms with Crippen LogP contribution in [0.15, 0.2) is 30.5 Å². The average Bonchev–Trinajstić information content (AvgIpc) is 2.99. The number of rotatable bonds is 3. The van der Waals surface area contributed by atoms with Crippen molar-refractivity contribution < 1.29 is 4.92 Å². The van der Waals surface area contributed by atoms with Gasteiger partial charge >= 0.3 is 0 Å². The molecule has 0 spiro atoms. The largest absolute Gasteiger partial charge is 0.370 e. The Morgan fingerprint density at radius 3 is 3.00 bits per heavy atom. The number of pyridine rings is 1. The molecule has 2 heterocycles. The van der Waals surface area contributed by atoms with E-state index in [4.69, 9.17) is 0 Å². The lowest BCUT2D eigenvalue weighted by Crippen LogP contribution is -2.33. The zero-order valence-electron chi connectivity index (χ0n) is 11.2. The number of non-ortho nitro benzene ring substituents is 1. The summed E-state index contributed by atoms with van der Waals surface area (Å²) in [5.74, 6) is 0. The third-order valence-corrected chi connectivity index (χ3v) is 3.88. The summed E-state index contributed by atoms with van der Waals surface area (Å²) < 4.78 is 0. The molecule has 2 aromatic rings. The number of anilines is 1. The van der Waals surface area contributed by atoms with Crippen molar-refractivity contribution in [3.63, 3.8) is 0 Å². The molecule has 6 nitrogen and oxygen atoms in total. The van der Waals surface area contributed by atoms with Crippen LogP contribution in [-0.2, 0) is 0 Å². The average molecular weight is 272 g/mol. The van der Waals surface area contributed by atoms with Gasteiger partial charge in [0.15, 0.2) is 0 Å². The minimum absolute atomic E-state index is 0.0577.